The van der Waals surface area contributed by atoms with Crippen molar-refractivity contribution >= 4 is 22.7 Å². The van der Waals surface area contributed by atoms with E-state index in [9.17, 15) is 0 Å². The standard InChI is InChI=1S/C16H18N6/c1-12-9-17-16(18-10-12)22-7-5-21(6-8-22)14-4-2-3-13-15(14)20-11-19-13/h2-4,9-11H,5-8H2,1H3,(H,19,20). The minimum atomic E-state index is 0.822. The number of hydrogen-bond donors (Lipinski definition) is 1. The van der Waals surface area contributed by atoms with Crippen molar-refractivity contribution in [2.24, 2.45) is 0 Å². The van der Waals surface area contributed by atoms with Crippen LogP contribution in [-0.4, -0.2) is 46.1 Å². The van der Waals surface area contributed by atoms with Crippen LogP contribution in [0.15, 0.2) is 36.9 Å². The normalized spacial score (nSPS) is 15.5. The molecular weight excluding hydrogens is 276 g/mol. The molecule has 1 fully saturated rings. The van der Waals surface area contributed by atoms with E-state index in [0.717, 1.165) is 48.7 Å². The van der Waals surface area contributed by atoms with Crippen molar-refractivity contribution in [3.05, 3.63) is 42.5 Å². The number of piperazine rings is 1. The Balaban J connectivity index is 1.52. The number of aryl methyl sites for hydroxylation is 1. The zero-order chi connectivity index (χ0) is 14.9. The fourth-order valence-electron chi connectivity index (χ4n) is 2.90. The Bertz CT molecular complexity index is 771. The minimum absolute atomic E-state index is 0.822. The Morgan fingerprint density at radius 2 is 1.68 bits per heavy atom. The fourth-order valence-corrected chi connectivity index (χ4v) is 2.90. The number of benzene rings is 1. The highest BCUT2D eigenvalue weighted by atomic mass is 15.3. The Morgan fingerprint density at radius 3 is 2.45 bits per heavy atom. The van der Waals surface area contributed by atoms with Crippen LogP contribution in [0, 0.1) is 6.92 Å². The van der Waals surface area contributed by atoms with Crippen LogP contribution < -0.4 is 9.80 Å². The van der Waals surface area contributed by atoms with Gasteiger partial charge in [-0.25, -0.2) is 15.0 Å². The maximum Gasteiger partial charge on any atom is 0.225 e. The molecule has 1 aliphatic heterocycles. The van der Waals surface area contributed by atoms with E-state index < -0.39 is 0 Å². The van der Waals surface area contributed by atoms with Crippen molar-refractivity contribution in [2.75, 3.05) is 36.0 Å². The number of nitrogens with one attached hydrogen (secondary N) is 1. The summed E-state index contributed by atoms with van der Waals surface area (Å²) < 4.78 is 0. The third-order valence-corrected chi connectivity index (χ3v) is 4.10. The summed E-state index contributed by atoms with van der Waals surface area (Å²) in [4.78, 5) is 21.1. The first kappa shape index (κ1) is 13.1. The molecule has 6 nitrogen and oxygen atoms in total. The first-order valence-electron chi connectivity index (χ1n) is 7.52. The van der Waals surface area contributed by atoms with Gasteiger partial charge in [0.25, 0.3) is 0 Å². The van der Waals surface area contributed by atoms with Gasteiger partial charge in [-0.1, -0.05) is 6.07 Å². The van der Waals surface area contributed by atoms with Gasteiger partial charge in [0.1, 0.15) is 5.52 Å². The lowest BCUT2D eigenvalue weighted by molar-refractivity contribution is 0.641. The van der Waals surface area contributed by atoms with Crippen LogP contribution in [0.2, 0.25) is 0 Å². The van der Waals surface area contributed by atoms with Gasteiger partial charge in [0.15, 0.2) is 0 Å². The van der Waals surface area contributed by atoms with Crippen LogP contribution in [0.4, 0.5) is 11.6 Å². The SMILES string of the molecule is Cc1cnc(N2CCN(c3cccc4[nH]cnc34)CC2)nc1. The lowest BCUT2D eigenvalue weighted by atomic mass is 10.2. The molecule has 3 aromatic rings. The Morgan fingerprint density at radius 1 is 0.955 bits per heavy atom. The fraction of sp³-hybridized carbons (Fsp3) is 0.312. The van der Waals surface area contributed by atoms with Crippen molar-refractivity contribution in [3.8, 4) is 0 Å². The lowest BCUT2D eigenvalue weighted by Crippen LogP contribution is -2.47. The molecule has 1 aromatic carbocycles. The van der Waals surface area contributed by atoms with Crippen LogP contribution in [0.5, 0.6) is 0 Å². The number of fused-ring (bicyclic) bond motifs is 1. The molecule has 1 aliphatic rings. The van der Waals surface area contributed by atoms with E-state index in [-0.39, 0.29) is 0 Å². The van der Waals surface area contributed by atoms with E-state index >= 15 is 0 Å². The third-order valence-electron chi connectivity index (χ3n) is 4.10. The zero-order valence-corrected chi connectivity index (χ0v) is 12.5. The summed E-state index contributed by atoms with van der Waals surface area (Å²) in [5.41, 5.74) is 4.42. The number of imidazole rings is 1. The smallest absolute Gasteiger partial charge is 0.225 e. The predicted octanol–water partition coefficient (Wildman–Crippen LogP) is 1.99. The number of anilines is 2. The highest BCUT2D eigenvalue weighted by molar-refractivity contribution is 5.88. The maximum atomic E-state index is 4.45. The van der Waals surface area contributed by atoms with Crippen LogP contribution >= 0.6 is 0 Å². The Kier molecular flexibility index (Phi) is 3.14. The number of aromatic nitrogens is 4. The molecule has 0 radical (unpaired) electrons. The van der Waals surface area contributed by atoms with Gasteiger partial charge in [-0.3, -0.25) is 0 Å². The number of aromatic amines is 1. The van der Waals surface area contributed by atoms with E-state index in [4.69, 9.17) is 0 Å². The second-order valence-corrected chi connectivity index (χ2v) is 5.61. The number of rotatable bonds is 2. The third kappa shape index (κ3) is 2.26. The topological polar surface area (TPSA) is 60.9 Å². The summed E-state index contributed by atoms with van der Waals surface area (Å²) in [6, 6.07) is 6.27. The molecule has 0 aliphatic carbocycles. The first-order valence-corrected chi connectivity index (χ1v) is 7.52. The summed E-state index contributed by atoms with van der Waals surface area (Å²) >= 11 is 0. The largest absolute Gasteiger partial charge is 0.366 e. The quantitative estimate of drug-likeness (QED) is 0.783. The van der Waals surface area contributed by atoms with E-state index in [0.29, 0.717) is 0 Å². The molecule has 0 amide bonds. The van der Waals surface area contributed by atoms with E-state index in [1.807, 2.05) is 19.3 Å². The second kappa shape index (κ2) is 5.29. The van der Waals surface area contributed by atoms with Gasteiger partial charge in [-0.05, 0) is 24.6 Å². The van der Waals surface area contributed by atoms with Gasteiger partial charge in [0.05, 0.1) is 17.5 Å². The van der Waals surface area contributed by atoms with Crippen molar-refractivity contribution in [2.45, 2.75) is 6.92 Å². The molecule has 0 unspecified atom stereocenters. The monoisotopic (exact) mass is 294 g/mol. The minimum Gasteiger partial charge on any atom is -0.366 e. The van der Waals surface area contributed by atoms with Gasteiger partial charge >= 0.3 is 0 Å². The molecule has 1 saturated heterocycles. The Labute approximate surface area is 128 Å². The molecule has 1 N–H and O–H groups in total. The summed E-state index contributed by atoms with van der Waals surface area (Å²) in [5, 5.41) is 0. The average molecular weight is 294 g/mol. The highest BCUT2D eigenvalue weighted by Crippen LogP contribution is 2.25. The number of hydrogen-bond acceptors (Lipinski definition) is 5. The van der Waals surface area contributed by atoms with E-state index in [1.54, 1.807) is 6.33 Å². The van der Waals surface area contributed by atoms with Crippen LogP contribution in [0.1, 0.15) is 5.56 Å². The molecule has 0 bridgehead atoms. The summed E-state index contributed by atoms with van der Waals surface area (Å²) in [6.45, 7) is 5.74. The molecule has 6 heteroatoms. The molecule has 4 rings (SSSR count). The average Bonchev–Trinajstić information content (AvgIpc) is 3.04. The molecule has 0 spiro atoms. The zero-order valence-electron chi connectivity index (χ0n) is 12.5. The molecule has 112 valence electrons. The van der Waals surface area contributed by atoms with Crippen molar-refractivity contribution < 1.29 is 0 Å². The highest BCUT2D eigenvalue weighted by Gasteiger charge is 2.20. The molecule has 3 heterocycles. The van der Waals surface area contributed by atoms with Gasteiger partial charge in [0.2, 0.25) is 5.95 Å². The van der Waals surface area contributed by atoms with Gasteiger partial charge in [-0.15, -0.1) is 0 Å². The van der Waals surface area contributed by atoms with Crippen LogP contribution in [0.25, 0.3) is 11.0 Å². The molecule has 0 saturated carbocycles. The second-order valence-electron chi connectivity index (χ2n) is 5.61. The summed E-state index contributed by atoms with van der Waals surface area (Å²) in [7, 11) is 0. The van der Waals surface area contributed by atoms with Crippen molar-refractivity contribution in [1.29, 1.82) is 0 Å². The van der Waals surface area contributed by atoms with Crippen molar-refractivity contribution in [3.63, 3.8) is 0 Å². The molecule has 0 atom stereocenters. The van der Waals surface area contributed by atoms with Gasteiger partial charge in [0, 0.05) is 38.6 Å². The molecular formula is C16H18N6. The van der Waals surface area contributed by atoms with Crippen molar-refractivity contribution in [1.82, 2.24) is 19.9 Å². The molecule has 22 heavy (non-hydrogen) atoms. The number of para-hydroxylation sites is 1. The summed E-state index contributed by atoms with van der Waals surface area (Å²) in [5.74, 6) is 0.822. The van der Waals surface area contributed by atoms with E-state index in [1.165, 1.54) is 5.69 Å². The number of nitrogens with zero attached hydrogens (tertiary/aromatic N) is 5. The summed E-state index contributed by atoms with van der Waals surface area (Å²) in [6.07, 6.45) is 5.50. The predicted molar refractivity (Wildman–Crippen MR) is 87.3 cm³/mol. The van der Waals surface area contributed by atoms with E-state index in [2.05, 4.69) is 47.9 Å². The van der Waals surface area contributed by atoms with Crippen LogP contribution in [-0.2, 0) is 0 Å². The maximum absolute atomic E-state index is 4.45. The number of H-pyrrole nitrogens is 1. The lowest BCUT2D eigenvalue weighted by Gasteiger charge is -2.36. The van der Waals surface area contributed by atoms with Gasteiger partial charge < -0.3 is 14.8 Å². The molecule has 2 aromatic heterocycles. The Hall–Kier alpha value is -2.63. The van der Waals surface area contributed by atoms with Gasteiger partial charge in [-0.2, -0.15) is 0 Å². The van der Waals surface area contributed by atoms with Crippen LogP contribution in [0.3, 0.4) is 0 Å². The first-order chi connectivity index (χ1) is 10.8.